The van der Waals surface area contributed by atoms with E-state index in [1.54, 1.807) is 11.0 Å². The molecule has 0 saturated heterocycles. The van der Waals surface area contributed by atoms with Crippen molar-refractivity contribution in [2.45, 2.75) is 6.54 Å². The molecule has 0 bridgehead atoms. The van der Waals surface area contributed by atoms with E-state index < -0.39 is 0 Å². The first-order valence-corrected chi connectivity index (χ1v) is 4.21. The molecular formula is C7H12N6. The van der Waals surface area contributed by atoms with Crippen LogP contribution in [-0.4, -0.2) is 33.8 Å². The molecule has 0 saturated carbocycles. The summed E-state index contributed by atoms with van der Waals surface area (Å²) >= 11 is 0. The van der Waals surface area contributed by atoms with E-state index in [4.69, 9.17) is 0 Å². The van der Waals surface area contributed by atoms with Gasteiger partial charge in [0, 0.05) is 13.6 Å². The van der Waals surface area contributed by atoms with Gasteiger partial charge in [0.2, 0.25) is 0 Å². The van der Waals surface area contributed by atoms with E-state index in [-0.39, 0.29) is 0 Å². The second-order valence-corrected chi connectivity index (χ2v) is 2.85. The number of nitrogens with one attached hydrogen (secondary N) is 2. The van der Waals surface area contributed by atoms with Crippen molar-refractivity contribution in [1.29, 1.82) is 0 Å². The Balaban J connectivity index is 1.85. The predicted octanol–water partition coefficient (Wildman–Crippen LogP) is -1.14. The molecule has 13 heavy (non-hydrogen) atoms. The Labute approximate surface area is 76.1 Å². The number of hydrogen-bond donors (Lipinski definition) is 2. The maximum Gasteiger partial charge on any atom is 0.191 e. The van der Waals surface area contributed by atoms with Crippen molar-refractivity contribution >= 4 is 5.96 Å². The molecule has 1 aliphatic rings. The van der Waals surface area contributed by atoms with E-state index >= 15 is 0 Å². The predicted molar refractivity (Wildman–Crippen MR) is 48.1 cm³/mol. The summed E-state index contributed by atoms with van der Waals surface area (Å²) in [7, 11) is 1.85. The molecule has 0 amide bonds. The fourth-order valence-electron chi connectivity index (χ4n) is 1.14. The van der Waals surface area contributed by atoms with Crippen molar-refractivity contribution in [3.63, 3.8) is 0 Å². The zero-order chi connectivity index (χ0) is 9.10. The van der Waals surface area contributed by atoms with Crippen LogP contribution in [0.25, 0.3) is 0 Å². The van der Waals surface area contributed by atoms with Gasteiger partial charge in [0.1, 0.15) is 6.33 Å². The molecule has 1 aromatic heterocycles. The number of aliphatic imine (C=N–C) groups is 1. The first kappa shape index (κ1) is 8.03. The molecule has 0 fully saturated rings. The lowest BCUT2D eigenvalue weighted by molar-refractivity contribution is 0.725. The monoisotopic (exact) mass is 180 g/mol. The van der Waals surface area contributed by atoms with Gasteiger partial charge >= 0.3 is 0 Å². The largest absolute Gasteiger partial charge is 0.355 e. The Kier molecular flexibility index (Phi) is 2.11. The van der Waals surface area contributed by atoms with Gasteiger partial charge in [-0.1, -0.05) is 0 Å². The smallest absolute Gasteiger partial charge is 0.191 e. The number of hydrogen-bond acceptors (Lipinski definition) is 5. The van der Waals surface area contributed by atoms with E-state index in [2.05, 4.69) is 25.7 Å². The minimum absolute atomic E-state index is 0.618. The van der Waals surface area contributed by atoms with Crippen LogP contribution in [0.5, 0.6) is 0 Å². The second-order valence-electron chi connectivity index (χ2n) is 2.85. The van der Waals surface area contributed by atoms with E-state index in [0.717, 1.165) is 24.9 Å². The molecule has 2 rings (SSSR count). The summed E-state index contributed by atoms with van der Waals surface area (Å²) in [4.78, 5) is 8.27. The zero-order valence-corrected chi connectivity index (χ0v) is 7.49. The van der Waals surface area contributed by atoms with Gasteiger partial charge in [0.05, 0.1) is 13.1 Å². The molecule has 6 heteroatoms. The highest BCUT2D eigenvalue weighted by Crippen LogP contribution is 1.88. The molecule has 6 nitrogen and oxygen atoms in total. The van der Waals surface area contributed by atoms with Crippen LogP contribution in [0.1, 0.15) is 5.82 Å². The summed E-state index contributed by atoms with van der Waals surface area (Å²) in [5, 5.41) is 10.4. The summed E-state index contributed by atoms with van der Waals surface area (Å²) < 4.78 is 1.68. The van der Waals surface area contributed by atoms with Crippen LogP contribution in [0, 0.1) is 0 Å². The Hall–Kier alpha value is -1.59. The van der Waals surface area contributed by atoms with Crippen LogP contribution in [0.15, 0.2) is 11.3 Å². The Bertz CT molecular complexity index is 315. The SMILES string of the molecule is Cn1cnc(CNC2=NCCN2)n1. The first-order chi connectivity index (χ1) is 6.34. The molecular weight excluding hydrogens is 168 g/mol. The quantitative estimate of drug-likeness (QED) is 0.604. The second kappa shape index (κ2) is 3.42. The minimum Gasteiger partial charge on any atom is -0.355 e. The average Bonchev–Trinajstić information content (AvgIpc) is 2.71. The normalized spacial score (nSPS) is 15.3. The average molecular weight is 180 g/mol. The van der Waals surface area contributed by atoms with Crippen molar-refractivity contribution in [2.24, 2.45) is 12.0 Å². The summed E-state index contributed by atoms with van der Waals surface area (Å²) in [6.45, 7) is 2.38. The number of rotatable bonds is 2. The maximum atomic E-state index is 4.19. The van der Waals surface area contributed by atoms with Gasteiger partial charge in [-0.25, -0.2) is 4.98 Å². The molecule has 70 valence electrons. The zero-order valence-electron chi connectivity index (χ0n) is 7.49. The van der Waals surface area contributed by atoms with Crippen molar-refractivity contribution < 1.29 is 0 Å². The molecule has 0 unspecified atom stereocenters. The van der Waals surface area contributed by atoms with E-state index in [1.165, 1.54) is 0 Å². The third-order valence-electron chi connectivity index (χ3n) is 1.74. The van der Waals surface area contributed by atoms with Gasteiger partial charge in [0.25, 0.3) is 0 Å². The van der Waals surface area contributed by atoms with Crippen molar-refractivity contribution in [3.05, 3.63) is 12.2 Å². The lowest BCUT2D eigenvalue weighted by Crippen LogP contribution is -2.33. The van der Waals surface area contributed by atoms with Crippen LogP contribution >= 0.6 is 0 Å². The molecule has 0 atom stereocenters. The van der Waals surface area contributed by atoms with Crippen LogP contribution < -0.4 is 10.6 Å². The number of guanidine groups is 1. The third-order valence-corrected chi connectivity index (χ3v) is 1.74. The number of nitrogens with zero attached hydrogens (tertiary/aromatic N) is 4. The fraction of sp³-hybridized carbons (Fsp3) is 0.571. The van der Waals surface area contributed by atoms with E-state index in [9.17, 15) is 0 Å². The van der Waals surface area contributed by atoms with Gasteiger partial charge in [-0.05, 0) is 0 Å². The summed E-state index contributed by atoms with van der Waals surface area (Å²) in [5.74, 6) is 1.62. The lowest BCUT2D eigenvalue weighted by atomic mass is 10.6. The van der Waals surface area contributed by atoms with E-state index in [0.29, 0.717) is 6.54 Å². The number of aromatic nitrogens is 3. The molecule has 0 aliphatic carbocycles. The van der Waals surface area contributed by atoms with Crippen molar-refractivity contribution in [1.82, 2.24) is 25.4 Å². The summed E-state index contributed by atoms with van der Waals surface area (Å²) in [6, 6.07) is 0. The molecule has 1 aromatic rings. The maximum absolute atomic E-state index is 4.19. The van der Waals surface area contributed by atoms with Crippen LogP contribution in [-0.2, 0) is 13.6 Å². The van der Waals surface area contributed by atoms with Gasteiger partial charge in [0.15, 0.2) is 11.8 Å². The highest BCUT2D eigenvalue weighted by molar-refractivity contribution is 5.81. The summed E-state index contributed by atoms with van der Waals surface area (Å²) in [5.41, 5.74) is 0. The third kappa shape index (κ3) is 1.95. The van der Waals surface area contributed by atoms with Gasteiger partial charge in [-0.3, -0.25) is 9.67 Å². The molecule has 0 radical (unpaired) electrons. The van der Waals surface area contributed by atoms with Crippen molar-refractivity contribution in [2.75, 3.05) is 13.1 Å². The molecule has 0 spiro atoms. The Morgan fingerprint density at radius 2 is 2.62 bits per heavy atom. The Morgan fingerprint density at radius 3 is 3.23 bits per heavy atom. The van der Waals surface area contributed by atoms with Crippen molar-refractivity contribution in [3.8, 4) is 0 Å². The Morgan fingerprint density at radius 1 is 1.69 bits per heavy atom. The van der Waals surface area contributed by atoms with Gasteiger partial charge < -0.3 is 10.6 Å². The first-order valence-electron chi connectivity index (χ1n) is 4.21. The topological polar surface area (TPSA) is 67.1 Å². The van der Waals surface area contributed by atoms with Crippen LogP contribution in [0.2, 0.25) is 0 Å². The molecule has 2 N–H and O–H groups in total. The highest BCUT2D eigenvalue weighted by atomic mass is 15.3. The molecule has 0 aromatic carbocycles. The highest BCUT2D eigenvalue weighted by Gasteiger charge is 2.04. The van der Waals surface area contributed by atoms with Gasteiger partial charge in [-0.15, -0.1) is 0 Å². The summed E-state index contributed by atoms with van der Waals surface area (Å²) in [6.07, 6.45) is 1.68. The van der Waals surface area contributed by atoms with E-state index in [1.807, 2.05) is 7.05 Å². The molecule has 1 aliphatic heterocycles. The lowest BCUT2D eigenvalue weighted by Gasteiger charge is -2.02. The van der Waals surface area contributed by atoms with Gasteiger partial charge in [-0.2, -0.15) is 5.10 Å². The minimum atomic E-state index is 0.618. The molecule has 2 heterocycles. The number of aryl methyl sites for hydroxylation is 1. The van der Waals surface area contributed by atoms with Crippen LogP contribution in [0.4, 0.5) is 0 Å². The fourth-order valence-corrected chi connectivity index (χ4v) is 1.14. The standard InChI is InChI=1S/C7H12N6/c1-13-5-11-6(12-13)4-10-7-8-2-3-9-7/h5H,2-4H2,1H3,(H2,8,9,10). The van der Waals surface area contributed by atoms with Crippen LogP contribution in [0.3, 0.4) is 0 Å².